The summed E-state index contributed by atoms with van der Waals surface area (Å²) < 4.78 is 5.69. The predicted molar refractivity (Wildman–Crippen MR) is 66.5 cm³/mol. The molecule has 0 aliphatic carbocycles. The lowest BCUT2D eigenvalue weighted by molar-refractivity contribution is -0.159. The first-order chi connectivity index (χ1) is 8.38. The first kappa shape index (κ1) is 12.7. The second kappa shape index (κ2) is 4.49. The molecule has 0 radical (unpaired) electrons. The highest BCUT2D eigenvalue weighted by Crippen LogP contribution is 2.31. The van der Waals surface area contributed by atoms with Gasteiger partial charge in [-0.15, -0.1) is 0 Å². The Labute approximate surface area is 105 Å². The van der Waals surface area contributed by atoms with Crippen LogP contribution in [0.4, 0.5) is 5.69 Å². The molecular weight excluding hydrogens is 234 g/mol. The minimum Gasteiger partial charge on any atom is -0.490 e. The molecule has 0 fully saturated rings. The predicted octanol–water partition coefficient (Wildman–Crippen LogP) is 1.19. The number of aliphatic hydroxyl groups is 1. The van der Waals surface area contributed by atoms with Crippen LogP contribution < -0.4 is 10.5 Å². The molecule has 0 saturated carbocycles. The van der Waals surface area contributed by atoms with Crippen molar-refractivity contribution in [2.45, 2.75) is 37.9 Å². The average molecular weight is 251 g/mol. The Morgan fingerprint density at radius 2 is 2.33 bits per heavy atom. The zero-order chi connectivity index (χ0) is 13.3. The number of carboxylic acids is 1. The summed E-state index contributed by atoms with van der Waals surface area (Å²) >= 11 is 0. The van der Waals surface area contributed by atoms with Crippen LogP contribution >= 0.6 is 0 Å². The van der Waals surface area contributed by atoms with Crippen molar-refractivity contribution in [2.24, 2.45) is 0 Å². The lowest BCUT2D eigenvalue weighted by atomic mass is 9.92. The number of aryl methyl sites for hydroxylation is 1. The smallest absolute Gasteiger partial charge is 0.335 e. The molecule has 0 saturated heterocycles. The molecule has 1 heterocycles. The second-order valence-corrected chi connectivity index (χ2v) is 4.93. The van der Waals surface area contributed by atoms with E-state index >= 15 is 0 Å². The number of nitrogen functional groups attached to an aromatic ring is 1. The van der Waals surface area contributed by atoms with Crippen LogP contribution in [0, 0.1) is 0 Å². The second-order valence-electron chi connectivity index (χ2n) is 4.93. The third kappa shape index (κ3) is 2.56. The van der Waals surface area contributed by atoms with Gasteiger partial charge in [-0.3, -0.25) is 0 Å². The summed E-state index contributed by atoms with van der Waals surface area (Å²) in [6, 6.07) is 5.39. The van der Waals surface area contributed by atoms with E-state index < -0.39 is 11.6 Å². The molecule has 4 N–H and O–H groups in total. The summed E-state index contributed by atoms with van der Waals surface area (Å²) in [6.07, 6.45) is 1.25. The van der Waals surface area contributed by atoms with E-state index in [0.717, 1.165) is 17.7 Å². The van der Waals surface area contributed by atoms with Crippen LogP contribution in [0.2, 0.25) is 0 Å². The largest absolute Gasteiger partial charge is 0.490 e. The highest BCUT2D eigenvalue weighted by atomic mass is 16.5. The van der Waals surface area contributed by atoms with Crippen molar-refractivity contribution >= 4 is 11.7 Å². The summed E-state index contributed by atoms with van der Waals surface area (Å²) in [4.78, 5) is 10.9. The summed E-state index contributed by atoms with van der Waals surface area (Å²) in [5.41, 5.74) is 5.65. The van der Waals surface area contributed by atoms with Gasteiger partial charge in [0.1, 0.15) is 11.9 Å². The van der Waals surface area contributed by atoms with Crippen LogP contribution in [-0.2, 0) is 11.2 Å². The van der Waals surface area contributed by atoms with Gasteiger partial charge in [-0.25, -0.2) is 4.79 Å². The van der Waals surface area contributed by atoms with Crippen LogP contribution in [-0.4, -0.2) is 27.9 Å². The van der Waals surface area contributed by atoms with Gasteiger partial charge in [-0.1, -0.05) is 0 Å². The van der Waals surface area contributed by atoms with Gasteiger partial charge in [0, 0.05) is 12.1 Å². The van der Waals surface area contributed by atoms with E-state index in [0.29, 0.717) is 12.1 Å². The number of hydrogen-bond acceptors (Lipinski definition) is 4. The fourth-order valence-electron chi connectivity index (χ4n) is 2.14. The van der Waals surface area contributed by atoms with Crippen molar-refractivity contribution in [3.63, 3.8) is 0 Å². The Morgan fingerprint density at radius 3 is 3.00 bits per heavy atom. The summed E-state index contributed by atoms with van der Waals surface area (Å²) in [5, 5.41) is 18.6. The molecule has 2 rings (SSSR count). The van der Waals surface area contributed by atoms with Gasteiger partial charge in [-0.2, -0.15) is 0 Å². The van der Waals surface area contributed by atoms with Crippen LogP contribution in [0.1, 0.15) is 25.3 Å². The number of anilines is 1. The molecule has 1 aliphatic rings. The number of nitrogens with two attached hydrogens (primary N) is 1. The molecule has 18 heavy (non-hydrogen) atoms. The average Bonchev–Trinajstić information content (AvgIpc) is 2.28. The van der Waals surface area contributed by atoms with E-state index in [1.165, 1.54) is 6.92 Å². The van der Waals surface area contributed by atoms with Crippen molar-refractivity contribution in [3.05, 3.63) is 23.8 Å². The van der Waals surface area contributed by atoms with Gasteiger partial charge in [0.05, 0.1) is 0 Å². The minimum absolute atomic E-state index is 0.0755. The number of carboxylic acid groups (broad SMARTS) is 1. The van der Waals surface area contributed by atoms with Crippen LogP contribution in [0.15, 0.2) is 18.2 Å². The van der Waals surface area contributed by atoms with E-state index in [1.54, 1.807) is 12.1 Å². The molecule has 5 heteroatoms. The normalized spacial score (nSPS) is 21.6. The lowest BCUT2D eigenvalue weighted by Gasteiger charge is -2.30. The zero-order valence-electron chi connectivity index (χ0n) is 10.2. The first-order valence-electron chi connectivity index (χ1n) is 5.89. The van der Waals surface area contributed by atoms with Gasteiger partial charge in [0.15, 0.2) is 5.60 Å². The Hall–Kier alpha value is -1.75. The van der Waals surface area contributed by atoms with E-state index in [9.17, 15) is 9.90 Å². The quantitative estimate of drug-likeness (QED) is 0.702. The standard InChI is InChI=1S/C13H17NO4/c1-13(17,12(15)16)7-10-4-2-8-6-9(14)3-5-11(8)18-10/h3,5-6,10,17H,2,4,7,14H2,1H3,(H,15,16)/t10-,13-/m1/s1. The number of aliphatic carboxylic acids is 1. The third-order valence-corrected chi connectivity index (χ3v) is 3.20. The van der Waals surface area contributed by atoms with E-state index in [4.69, 9.17) is 15.6 Å². The molecule has 98 valence electrons. The maximum Gasteiger partial charge on any atom is 0.335 e. The topological polar surface area (TPSA) is 92.8 Å². The molecule has 2 atom stereocenters. The molecule has 5 nitrogen and oxygen atoms in total. The first-order valence-corrected chi connectivity index (χ1v) is 5.89. The number of ether oxygens (including phenoxy) is 1. The van der Waals surface area contributed by atoms with Crippen molar-refractivity contribution in [2.75, 3.05) is 5.73 Å². The molecular formula is C13H17NO4. The van der Waals surface area contributed by atoms with Gasteiger partial charge < -0.3 is 20.7 Å². The van der Waals surface area contributed by atoms with Crippen LogP contribution in [0.3, 0.4) is 0 Å². The fraction of sp³-hybridized carbons (Fsp3) is 0.462. The third-order valence-electron chi connectivity index (χ3n) is 3.20. The maximum absolute atomic E-state index is 10.9. The van der Waals surface area contributed by atoms with Crippen LogP contribution in [0.5, 0.6) is 5.75 Å². The Morgan fingerprint density at radius 1 is 1.61 bits per heavy atom. The van der Waals surface area contributed by atoms with Crippen molar-refractivity contribution in [1.29, 1.82) is 0 Å². The molecule has 0 bridgehead atoms. The molecule has 0 aromatic heterocycles. The highest BCUT2D eigenvalue weighted by molar-refractivity contribution is 5.76. The van der Waals surface area contributed by atoms with Crippen molar-refractivity contribution in [3.8, 4) is 5.75 Å². The molecule has 1 aromatic carbocycles. The number of fused-ring (bicyclic) bond motifs is 1. The molecule has 0 unspecified atom stereocenters. The van der Waals surface area contributed by atoms with Crippen molar-refractivity contribution < 1.29 is 19.7 Å². The monoisotopic (exact) mass is 251 g/mol. The molecule has 1 aromatic rings. The zero-order valence-corrected chi connectivity index (χ0v) is 10.2. The number of hydrogen-bond donors (Lipinski definition) is 3. The summed E-state index contributed by atoms with van der Waals surface area (Å²) in [5.74, 6) is -0.504. The van der Waals surface area contributed by atoms with Gasteiger partial charge >= 0.3 is 5.97 Å². The Bertz CT molecular complexity index is 470. The number of benzene rings is 1. The van der Waals surface area contributed by atoms with Gasteiger partial charge in [0.25, 0.3) is 0 Å². The molecule has 0 amide bonds. The minimum atomic E-state index is -1.75. The van der Waals surface area contributed by atoms with Crippen LogP contribution in [0.25, 0.3) is 0 Å². The summed E-state index contributed by atoms with van der Waals surface area (Å²) in [6.45, 7) is 1.29. The fourth-order valence-corrected chi connectivity index (χ4v) is 2.14. The van der Waals surface area contributed by atoms with E-state index in [2.05, 4.69) is 0 Å². The molecule has 0 spiro atoms. The Kier molecular flexibility index (Phi) is 3.17. The summed E-state index contributed by atoms with van der Waals surface area (Å²) in [7, 11) is 0. The van der Waals surface area contributed by atoms with E-state index in [-0.39, 0.29) is 12.5 Å². The highest BCUT2D eigenvalue weighted by Gasteiger charge is 2.35. The maximum atomic E-state index is 10.9. The van der Waals surface area contributed by atoms with E-state index in [1.807, 2.05) is 6.07 Å². The molecule has 1 aliphatic heterocycles. The SMILES string of the molecule is C[C@@](O)(C[C@H]1CCc2cc(N)ccc2O1)C(=O)O. The Balaban J connectivity index is 2.09. The van der Waals surface area contributed by atoms with Gasteiger partial charge in [0.2, 0.25) is 0 Å². The lowest BCUT2D eigenvalue weighted by Crippen LogP contribution is -2.41. The van der Waals surface area contributed by atoms with Crippen molar-refractivity contribution in [1.82, 2.24) is 0 Å². The number of rotatable bonds is 3. The van der Waals surface area contributed by atoms with Gasteiger partial charge in [-0.05, 0) is 43.5 Å². The number of carbonyl (C=O) groups is 1.